The highest BCUT2D eigenvalue weighted by molar-refractivity contribution is 4.69. The Morgan fingerprint density at radius 3 is 2.00 bits per heavy atom. The number of hydrogen-bond acceptors (Lipinski definition) is 0. The third-order valence-electron chi connectivity index (χ3n) is 4.29. The summed E-state index contributed by atoms with van der Waals surface area (Å²) < 4.78 is 1.39. The van der Waals surface area contributed by atoms with E-state index in [-0.39, 0.29) is 0 Å². The Balaban J connectivity index is 2.44. The molecule has 0 amide bonds. The van der Waals surface area contributed by atoms with Gasteiger partial charge in [0.15, 0.2) is 0 Å². The van der Waals surface area contributed by atoms with Crippen molar-refractivity contribution < 1.29 is 4.48 Å². The van der Waals surface area contributed by atoms with E-state index in [1.54, 1.807) is 0 Å². The monoisotopic (exact) mass is 212 g/mol. The normalized spacial score (nSPS) is 20.8. The Hall–Kier alpha value is -0.0400. The summed E-state index contributed by atoms with van der Waals surface area (Å²) in [6, 6.07) is 0. The molecule has 1 heterocycles. The predicted octanol–water partition coefficient (Wildman–Crippen LogP) is 3.98. The lowest BCUT2D eigenvalue weighted by Gasteiger charge is -2.46. The standard InChI is InChI=1S/C14H30N/c1-5-6-7-8-11-15(14(2,3)4)12-9-10-13-15/h5-13H2,1-4H3/q+1. The molecule has 1 nitrogen and oxygen atoms in total. The Kier molecular flexibility index (Phi) is 4.64. The fourth-order valence-corrected chi connectivity index (χ4v) is 3.01. The van der Waals surface area contributed by atoms with Crippen LogP contribution in [0.2, 0.25) is 0 Å². The molecule has 1 saturated heterocycles. The maximum absolute atomic E-state index is 2.43. The lowest BCUT2D eigenvalue weighted by molar-refractivity contribution is -0.960. The average molecular weight is 212 g/mol. The molecule has 1 rings (SSSR count). The van der Waals surface area contributed by atoms with Crippen LogP contribution in [0.4, 0.5) is 0 Å². The third kappa shape index (κ3) is 3.21. The minimum atomic E-state index is 0.461. The van der Waals surface area contributed by atoms with Crippen molar-refractivity contribution in [2.45, 2.75) is 71.8 Å². The van der Waals surface area contributed by atoms with Gasteiger partial charge >= 0.3 is 0 Å². The molecule has 0 aliphatic carbocycles. The van der Waals surface area contributed by atoms with Crippen molar-refractivity contribution in [2.75, 3.05) is 19.6 Å². The van der Waals surface area contributed by atoms with Crippen LogP contribution < -0.4 is 0 Å². The molecule has 0 unspecified atom stereocenters. The van der Waals surface area contributed by atoms with E-state index < -0.39 is 0 Å². The molecule has 1 heteroatoms. The first kappa shape index (κ1) is 13.0. The topological polar surface area (TPSA) is 0 Å². The molecule has 15 heavy (non-hydrogen) atoms. The van der Waals surface area contributed by atoms with Crippen molar-refractivity contribution in [3.05, 3.63) is 0 Å². The Bertz CT molecular complexity index is 172. The molecular formula is C14H30N+. The molecule has 0 spiro atoms. The molecule has 0 aromatic rings. The first-order valence-electron chi connectivity index (χ1n) is 6.88. The van der Waals surface area contributed by atoms with Crippen LogP contribution in [0.15, 0.2) is 0 Å². The van der Waals surface area contributed by atoms with Crippen LogP contribution in [-0.2, 0) is 0 Å². The Labute approximate surface area is 96.4 Å². The zero-order chi connectivity index (χ0) is 11.4. The summed E-state index contributed by atoms with van der Waals surface area (Å²) >= 11 is 0. The summed E-state index contributed by atoms with van der Waals surface area (Å²) in [6.45, 7) is 13.9. The molecule has 90 valence electrons. The molecule has 0 aromatic heterocycles. The van der Waals surface area contributed by atoms with Crippen LogP contribution >= 0.6 is 0 Å². The van der Waals surface area contributed by atoms with Crippen LogP contribution in [0, 0.1) is 0 Å². The SMILES string of the molecule is CCCCCC[N+]1(C(C)(C)C)CCCC1. The molecule has 1 fully saturated rings. The average Bonchev–Trinajstić information content (AvgIpc) is 2.61. The quantitative estimate of drug-likeness (QED) is 0.478. The van der Waals surface area contributed by atoms with Gasteiger partial charge in [-0.15, -0.1) is 0 Å². The third-order valence-corrected chi connectivity index (χ3v) is 4.29. The highest BCUT2D eigenvalue weighted by Gasteiger charge is 2.41. The van der Waals surface area contributed by atoms with Gasteiger partial charge in [-0.2, -0.15) is 0 Å². The largest absolute Gasteiger partial charge is 0.319 e. The van der Waals surface area contributed by atoms with Crippen molar-refractivity contribution in [3.8, 4) is 0 Å². The summed E-state index contributed by atoms with van der Waals surface area (Å²) in [7, 11) is 0. The minimum absolute atomic E-state index is 0.461. The van der Waals surface area contributed by atoms with E-state index in [4.69, 9.17) is 0 Å². The van der Waals surface area contributed by atoms with E-state index >= 15 is 0 Å². The smallest absolute Gasteiger partial charge is 0.0907 e. The summed E-state index contributed by atoms with van der Waals surface area (Å²) in [5, 5.41) is 0. The molecule has 1 aliphatic heterocycles. The number of rotatable bonds is 5. The lowest BCUT2D eigenvalue weighted by atomic mass is 10.0. The van der Waals surface area contributed by atoms with Gasteiger partial charge in [-0.05, 0) is 33.6 Å². The molecule has 0 N–H and O–H groups in total. The zero-order valence-corrected chi connectivity index (χ0v) is 11.3. The summed E-state index contributed by atoms with van der Waals surface area (Å²) in [6.07, 6.45) is 8.55. The van der Waals surface area contributed by atoms with Crippen molar-refractivity contribution in [2.24, 2.45) is 0 Å². The van der Waals surface area contributed by atoms with Crippen LogP contribution in [-0.4, -0.2) is 29.7 Å². The predicted molar refractivity (Wildman–Crippen MR) is 68.0 cm³/mol. The van der Waals surface area contributed by atoms with Crippen LogP contribution in [0.1, 0.15) is 66.2 Å². The van der Waals surface area contributed by atoms with E-state index in [0.717, 1.165) is 0 Å². The number of hydrogen-bond donors (Lipinski definition) is 0. The number of likely N-dealkylation sites (tertiary alicyclic amines) is 1. The van der Waals surface area contributed by atoms with Crippen molar-refractivity contribution in [1.29, 1.82) is 0 Å². The van der Waals surface area contributed by atoms with Crippen LogP contribution in [0.5, 0.6) is 0 Å². The van der Waals surface area contributed by atoms with Gasteiger partial charge in [0.05, 0.1) is 25.2 Å². The molecule has 0 radical (unpaired) electrons. The Morgan fingerprint density at radius 1 is 0.933 bits per heavy atom. The molecule has 0 saturated carbocycles. The first-order chi connectivity index (χ1) is 7.02. The highest BCUT2D eigenvalue weighted by atomic mass is 15.4. The molecule has 0 atom stereocenters. The van der Waals surface area contributed by atoms with Crippen molar-refractivity contribution in [3.63, 3.8) is 0 Å². The molecular weight excluding hydrogens is 182 g/mol. The highest BCUT2D eigenvalue weighted by Crippen LogP contribution is 2.31. The maximum atomic E-state index is 2.43. The Morgan fingerprint density at radius 2 is 1.53 bits per heavy atom. The molecule has 0 bridgehead atoms. The van der Waals surface area contributed by atoms with Crippen LogP contribution in [0.3, 0.4) is 0 Å². The minimum Gasteiger partial charge on any atom is -0.319 e. The van der Waals surface area contributed by atoms with E-state index in [9.17, 15) is 0 Å². The van der Waals surface area contributed by atoms with E-state index in [0.29, 0.717) is 5.54 Å². The maximum Gasteiger partial charge on any atom is 0.0907 e. The van der Waals surface area contributed by atoms with Crippen molar-refractivity contribution >= 4 is 0 Å². The summed E-state index contributed by atoms with van der Waals surface area (Å²) in [5.41, 5.74) is 0.461. The summed E-state index contributed by atoms with van der Waals surface area (Å²) in [4.78, 5) is 0. The lowest BCUT2D eigenvalue weighted by Crippen LogP contribution is -2.58. The second-order valence-electron chi connectivity index (χ2n) is 6.25. The molecule has 1 aliphatic rings. The van der Waals surface area contributed by atoms with Gasteiger partial charge in [0.1, 0.15) is 0 Å². The second kappa shape index (κ2) is 5.34. The van der Waals surface area contributed by atoms with E-state index in [1.807, 2.05) is 0 Å². The zero-order valence-electron chi connectivity index (χ0n) is 11.3. The second-order valence-corrected chi connectivity index (χ2v) is 6.25. The van der Waals surface area contributed by atoms with Gasteiger partial charge in [0, 0.05) is 12.8 Å². The van der Waals surface area contributed by atoms with Gasteiger partial charge in [-0.25, -0.2) is 0 Å². The fraction of sp³-hybridized carbons (Fsp3) is 1.00. The van der Waals surface area contributed by atoms with Gasteiger partial charge in [0.25, 0.3) is 0 Å². The number of unbranched alkanes of at least 4 members (excludes halogenated alkanes) is 3. The van der Waals surface area contributed by atoms with Gasteiger partial charge in [-0.1, -0.05) is 19.8 Å². The van der Waals surface area contributed by atoms with Gasteiger partial charge in [-0.3, -0.25) is 0 Å². The van der Waals surface area contributed by atoms with Gasteiger partial charge < -0.3 is 4.48 Å². The van der Waals surface area contributed by atoms with Crippen LogP contribution in [0.25, 0.3) is 0 Å². The fourth-order valence-electron chi connectivity index (χ4n) is 3.01. The van der Waals surface area contributed by atoms with Gasteiger partial charge in [0.2, 0.25) is 0 Å². The van der Waals surface area contributed by atoms with E-state index in [2.05, 4.69) is 27.7 Å². The van der Waals surface area contributed by atoms with E-state index in [1.165, 1.54) is 62.6 Å². The molecule has 0 aromatic carbocycles. The number of quaternary nitrogens is 1. The van der Waals surface area contributed by atoms with Crippen molar-refractivity contribution in [1.82, 2.24) is 0 Å². The summed E-state index contributed by atoms with van der Waals surface area (Å²) in [5.74, 6) is 0. The first-order valence-corrected chi connectivity index (χ1v) is 6.88. The number of nitrogens with zero attached hydrogens (tertiary/aromatic N) is 1.